The predicted molar refractivity (Wildman–Crippen MR) is 89.6 cm³/mol. The van der Waals surface area contributed by atoms with Gasteiger partial charge in [0, 0.05) is 25.7 Å². The summed E-state index contributed by atoms with van der Waals surface area (Å²) in [5.41, 5.74) is 5.91. The van der Waals surface area contributed by atoms with Crippen LogP contribution in [-0.4, -0.2) is 67.7 Å². The molecule has 0 radical (unpaired) electrons. The lowest BCUT2D eigenvalue weighted by molar-refractivity contribution is -0.122. The smallest absolute Gasteiger partial charge is 0.237 e. The molecule has 124 valence electrons. The lowest BCUT2D eigenvalue weighted by Gasteiger charge is -2.35. The van der Waals surface area contributed by atoms with E-state index in [0.717, 1.165) is 44.9 Å². The molecule has 1 fully saturated rings. The van der Waals surface area contributed by atoms with Gasteiger partial charge < -0.3 is 15.8 Å². The second-order valence-electron chi connectivity index (χ2n) is 6.06. The van der Waals surface area contributed by atoms with Crippen molar-refractivity contribution in [1.82, 2.24) is 10.2 Å². The van der Waals surface area contributed by atoms with Gasteiger partial charge in [0.2, 0.25) is 5.91 Å². The molecule has 5 nitrogen and oxygen atoms in total. The number of morpholine rings is 1. The summed E-state index contributed by atoms with van der Waals surface area (Å²) in [7, 11) is 0. The molecule has 0 aliphatic carbocycles. The summed E-state index contributed by atoms with van der Waals surface area (Å²) in [6.45, 7) is 8.60. The van der Waals surface area contributed by atoms with Gasteiger partial charge in [0.05, 0.1) is 19.3 Å². The van der Waals surface area contributed by atoms with Gasteiger partial charge in [-0.15, -0.1) is 0 Å². The van der Waals surface area contributed by atoms with Crippen LogP contribution in [0.15, 0.2) is 0 Å². The summed E-state index contributed by atoms with van der Waals surface area (Å²) in [6.07, 6.45) is 3.85. The van der Waals surface area contributed by atoms with E-state index in [1.165, 1.54) is 0 Å². The van der Waals surface area contributed by atoms with Crippen molar-refractivity contribution in [2.24, 2.45) is 11.7 Å². The first-order valence-electron chi connectivity index (χ1n) is 7.88. The minimum atomic E-state index is -0.387. The highest BCUT2D eigenvalue weighted by molar-refractivity contribution is 7.98. The van der Waals surface area contributed by atoms with E-state index in [-0.39, 0.29) is 11.9 Å². The van der Waals surface area contributed by atoms with Crippen molar-refractivity contribution in [3.63, 3.8) is 0 Å². The van der Waals surface area contributed by atoms with Crippen LogP contribution in [0.2, 0.25) is 0 Å². The SMILES string of the molecule is CSCC[C@@H](N)C(=O)NCC(CC(C)C)N1CCOCC1. The molecule has 6 heteroatoms. The maximum Gasteiger partial charge on any atom is 0.237 e. The Balaban J connectivity index is 2.42. The molecule has 1 aliphatic rings. The van der Waals surface area contributed by atoms with Gasteiger partial charge in [-0.05, 0) is 30.8 Å². The molecule has 1 amide bonds. The van der Waals surface area contributed by atoms with Gasteiger partial charge in [0.1, 0.15) is 0 Å². The third-order valence-corrected chi connectivity index (χ3v) is 4.43. The van der Waals surface area contributed by atoms with E-state index in [0.29, 0.717) is 18.5 Å². The molecule has 0 aromatic heterocycles. The van der Waals surface area contributed by atoms with Crippen molar-refractivity contribution < 1.29 is 9.53 Å². The van der Waals surface area contributed by atoms with Crippen LogP contribution in [0.1, 0.15) is 26.7 Å². The Labute approximate surface area is 133 Å². The van der Waals surface area contributed by atoms with E-state index in [2.05, 4.69) is 24.1 Å². The number of carbonyl (C=O) groups excluding carboxylic acids is 1. The van der Waals surface area contributed by atoms with Crippen LogP contribution < -0.4 is 11.1 Å². The minimum absolute atomic E-state index is 0.0222. The number of rotatable bonds is 9. The number of nitrogens with zero attached hydrogens (tertiary/aromatic N) is 1. The molecule has 0 saturated carbocycles. The monoisotopic (exact) mass is 317 g/mol. The van der Waals surface area contributed by atoms with Crippen molar-refractivity contribution in [1.29, 1.82) is 0 Å². The van der Waals surface area contributed by atoms with Crippen molar-refractivity contribution in [3.05, 3.63) is 0 Å². The van der Waals surface area contributed by atoms with Crippen LogP contribution in [0.25, 0.3) is 0 Å². The number of ether oxygens (including phenoxy) is 1. The average molecular weight is 317 g/mol. The first-order chi connectivity index (χ1) is 10.0. The normalized spacial score (nSPS) is 19.5. The van der Waals surface area contributed by atoms with Gasteiger partial charge in [-0.1, -0.05) is 13.8 Å². The van der Waals surface area contributed by atoms with Crippen LogP contribution >= 0.6 is 11.8 Å². The Morgan fingerprint density at radius 1 is 1.38 bits per heavy atom. The first kappa shape index (κ1) is 18.7. The fourth-order valence-corrected chi connectivity index (χ4v) is 3.06. The molecule has 2 atom stereocenters. The molecular weight excluding hydrogens is 286 g/mol. The van der Waals surface area contributed by atoms with Crippen molar-refractivity contribution in [2.75, 3.05) is 44.9 Å². The third kappa shape index (κ3) is 7.49. The minimum Gasteiger partial charge on any atom is -0.379 e. The fraction of sp³-hybridized carbons (Fsp3) is 0.933. The van der Waals surface area contributed by atoms with Gasteiger partial charge in [-0.2, -0.15) is 11.8 Å². The molecule has 0 aromatic carbocycles. The average Bonchev–Trinajstić information content (AvgIpc) is 2.49. The molecule has 1 unspecified atom stereocenters. The van der Waals surface area contributed by atoms with Crippen LogP contribution in [0, 0.1) is 5.92 Å². The zero-order valence-corrected chi connectivity index (χ0v) is 14.5. The van der Waals surface area contributed by atoms with E-state index < -0.39 is 0 Å². The third-order valence-electron chi connectivity index (χ3n) is 3.79. The predicted octanol–water partition coefficient (Wildman–Crippen LogP) is 0.930. The second kappa shape index (κ2) is 10.4. The van der Waals surface area contributed by atoms with E-state index >= 15 is 0 Å². The summed E-state index contributed by atoms with van der Waals surface area (Å²) in [6, 6.07) is -0.00700. The molecule has 0 bridgehead atoms. The lowest BCUT2D eigenvalue weighted by Crippen LogP contribution is -2.51. The molecular formula is C15H31N3O2S. The van der Waals surface area contributed by atoms with Crippen LogP contribution in [0.3, 0.4) is 0 Å². The number of hydrogen-bond acceptors (Lipinski definition) is 5. The largest absolute Gasteiger partial charge is 0.379 e. The molecule has 3 N–H and O–H groups in total. The highest BCUT2D eigenvalue weighted by atomic mass is 32.2. The summed E-state index contributed by atoms with van der Waals surface area (Å²) < 4.78 is 5.41. The summed E-state index contributed by atoms with van der Waals surface area (Å²) in [4.78, 5) is 14.5. The summed E-state index contributed by atoms with van der Waals surface area (Å²) >= 11 is 1.72. The van der Waals surface area contributed by atoms with Crippen LogP contribution in [-0.2, 0) is 9.53 Å². The summed E-state index contributed by atoms with van der Waals surface area (Å²) in [5.74, 6) is 1.51. The van der Waals surface area contributed by atoms with Gasteiger partial charge in [-0.25, -0.2) is 0 Å². The second-order valence-corrected chi connectivity index (χ2v) is 7.05. The zero-order chi connectivity index (χ0) is 15.7. The Bertz CT molecular complexity index is 297. The Hall–Kier alpha value is -0.300. The Kier molecular flexibility index (Phi) is 9.31. The van der Waals surface area contributed by atoms with E-state index in [1.807, 2.05) is 6.26 Å². The number of hydrogen-bond donors (Lipinski definition) is 2. The van der Waals surface area contributed by atoms with E-state index in [9.17, 15) is 4.79 Å². The maximum atomic E-state index is 12.0. The Morgan fingerprint density at radius 3 is 2.62 bits per heavy atom. The number of nitrogens with one attached hydrogen (secondary N) is 1. The molecule has 1 heterocycles. The molecule has 0 spiro atoms. The van der Waals surface area contributed by atoms with Gasteiger partial charge in [0.15, 0.2) is 0 Å². The standard InChI is InChI=1S/C15H31N3O2S/c1-12(2)10-13(18-5-7-20-8-6-18)11-17-15(19)14(16)4-9-21-3/h12-14H,4-11,16H2,1-3H3,(H,17,19)/t13?,14-/m1/s1. The zero-order valence-electron chi connectivity index (χ0n) is 13.6. The number of carbonyl (C=O) groups is 1. The van der Waals surface area contributed by atoms with Crippen molar-refractivity contribution >= 4 is 17.7 Å². The topological polar surface area (TPSA) is 67.6 Å². The maximum absolute atomic E-state index is 12.0. The number of amides is 1. The van der Waals surface area contributed by atoms with E-state index in [4.69, 9.17) is 10.5 Å². The van der Waals surface area contributed by atoms with Crippen molar-refractivity contribution in [2.45, 2.75) is 38.8 Å². The quantitative estimate of drug-likeness (QED) is 0.662. The Morgan fingerprint density at radius 2 is 2.05 bits per heavy atom. The number of nitrogens with two attached hydrogens (primary N) is 1. The highest BCUT2D eigenvalue weighted by Crippen LogP contribution is 2.13. The molecule has 0 aromatic rings. The van der Waals surface area contributed by atoms with Crippen molar-refractivity contribution in [3.8, 4) is 0 Å². The molecule has 1 rings (SSSR count). The molecule has 1 saturated heterocycles. The molecule has 1 aliphatic heterocycles. The van der Waals surface area contributed by atoms with Gasteiger partial charge in [0.25, 0.3) is 0 Å². The fourth-order valence-electron chi connectivity index (χ4n) is 2.57. The van der Waals surface area contributed by atoms with E-state index in [1.54, 1.807) is 11.8 Å². The number of thioether (sulfide) groups is 1. The van der Waals surface area contributed by atoms with Gasteiger partial charge in [-0.3, -0.25) is 9.69 Å². The first-order valence-corrected chi connectivity index (χ1v) is 9.28. The van der Waals surface area contributed by atoms with Gasteiger partial charge >= 0.3 is 0 Å². The highest BCUT2D eigenvalue weighted by Gasteiger charge is 2.23. The lowest BCUT2D eigenvalue weighted by atomic mass is 10.0. The molecule has 21 heavy (non-hydrogen) atoms. The van der Waals surface area contributed by atoms with Crippen LogP contribution in [0.5, 0.6) is 0 Å². The summed E-state index contributed by atoms with van der Waals surface area (Å²) in [5, 5.41) is 3.04. The van der Waals surface area contributed by atoms with Crippen LogP contribution in [0.4, 0.5) is 0 Å².